The van der Waals surface area contributed by atoms with Gasteiger partial charge in [-0.3, -0.25) is 4.79 Å². The molecule has 0 saturated carbocycles. The maximum absolute atomic E-state index is 12.2. The van der Waals surface area contributed by atoms with Crippen LogP contribution in [-0.4, -0.2) is 12.4 Å². The van der Waals surface area contributed by atoms with E-state index in [-0.39, 0.29) is 5.78 Å². The summed E-state index contributed by atoms with van der Waals surface area (Å²) in [6.07, 6.45) is 2.17. The second-order valence-electron chi connectivity index (χ2n) is 4.47. The second kappa shape index (κ2) is 6.53. The lowest BCUT2D eigenvalue weighted by molar-refractivity contribution is 0.104. The molecule has 19 heavy (non-hydrogen) atoms. The summed E-state index contributed by atoms with van der Waals surface area (Å²) in [6.45, 7) is 4.87. The van der Waals surface area contributed by atoms with E-state index in [1.807, 2.05) is 43.3 Å². The fraction of sp³-hybridized carbons (Fsp3) is 0.312. The van der Waals surface area contributed by atoms with Gasteiger partial charge in [-0.2, -0.15) is 0 Å². The number of carbonyl (C=O) groups excluding carboxylic acids is 1. The van der Waals surface area contributed by atoms with Gasteiger partial charge in [0.05, 0.1) is 11.5 Å². The van der Waals surface area contributed by atoms with Gasteiger partial charge in [-0.05, 0) is 49.7 Å². The van der Waals surface area contributed by atoms with Gasteiger partial charge in [0.1, 0.15) is 5.75 Å². The van der Waals surface area contributed by atoms with E-state index in [0.717, 1.165) is 35.0 Å². The van der Waals surface area contributed by atoms with Crippen molar-refractivity contribution in [1.82, 2.24) is 0 Å². The summed E-state index contributed by atoms with van der Waals surface area (Å²) in [5, 5.41) is 0. The van der Waals surface area contributed by atoms with Crippen molar-refractivity contribution in [2.24, 2.45) is 0 Å². The van der Waals surface area contributed by atoms with Gasteiger partial charge in [-0.25, -0.2) is 0 Å². The van der Waals surface area contributed by atoms with Gasteiger partial charge < -0.3 is 4.74 Å². The van der Waals surface area contributed by atoms with E-state index >= 15 is 0 Å². The number of thiophene rings is 1. The van der Waals surface area contributed by atoms with Crippen LogP contribution in [0.5, 0.6) is 5.75 Å². The first-order valence-electron chi connectivity index (χ1n) is 6.54. The lowest BCUT2D eigenvalue weighted by Crippen LogP contribution is -2.00. The number of rotatable bonds is 6. The van der Waals surface area contributed by atoms with Crippen molar-refractivity contribution in [2.45, 2.75) is 26.7 Å². The molecule has 0 aliphatic carbocycles. The Labute approximate surface area is 118 Å². The Hall–Kier alpha value is -1.61. The highest BCUT2D eigenvalue weighted by Gasteiger charge is 2.10. The van der Waals surface area contributed by atoms with Crippen molar-refractivity contribution in [2.75, 3.05) is 6.61 Å². The van der Waals surface area contributed by atoms with Crippen molar-refractivity contribution in [1.29, 1.82) is 0 Å². The molecule has 0 aliphatic heterocycles. The number of carbonyl (C=O) groups is 1. The molecule has 1 aromatic heterocycles. The van der Waals surface area contributed by atoms with Crippen molar-refractivity contribution in [3.63, 3.8) is 0 Å². The number of benzene rings is 1. The lowest BCUT2D eigenvalue weighted by Gasteiger charge is -2.05. The molecule has 2 rings (SSSR count). The van der Waals surface area contributed by atoms with Crippen LogP contribution in [0.4, 0.5) is 0 Å². The zero-order chi connectivity index (χ0) is 13.7. The van der Waals surface area contributed by atoms with Crippen LogP contribution in [-0.2, 0) is 0 Å². The molecule has 0 spiro atoms. The van der Waals surface area contributed by atoms with Crippen molar-refractivity contribution in [3.8, 4) is 5.75 Å². The van der Waals surface area contributed by atoms with Gasteiger partial charge in [0.2, 0.25) is 5.78 Å². The van der Waals surface area contributed by atoms with Crippen LogP contribution in [0, 0.1) is 6.92 Å². The highest BCUT2D eigenvalue weighted by atomic mass is 32.1. The minimum absolute atomic E-state index is 0.0817. The third-order valence-electron chi connectivity index (χ3n) is 2.85. The Bertz CT molecular complexity index is 540. The Balaban J connectivity index is 2.03. The first-order valence-corrected chi connectivity index (χ1v) is 7.36. The maximum atomic E-state index is 12.2. The number of aryl methyl sites for hydroxylation is 1. The Kier molecular flexibility index (Phi) is 4.74. The molecule has 2 nitrogen and oxygen atoms in total. The number of ketones is 1. The molecule has 0 amide bonds. The van der Waals surface area contributed by atoms with Gasteiger partial charge in [0, 0.05) is 10.4 Å². The highest BCUT2D eigenvalue weighted by molar-refractivity contribution is 7.14. The standard InChI is InChI=1S/C16H18O2S/c1-3-4-11-18-14-8-6-13(7-9-14)16(17)15-10-5-12(2)19-15/h5-10H,3-4,11H2,1-2H3. The third kappa shape index (κ3) is 3.67. The Morgan fingerprint density at radius 3 is 2.47 bits per heavy atom. The minimum atomic E-state index is 0.0817. The summed E-state index contributed by atoms with van der Waals surface area (Å²) >= 11 is 1.53. The molecule has 0 atom stereocenters. The van der Waals surface area contributed by atoms with Crippen LogP contribution in [0.25, 0.3) is 0 Å². The van der Waals surface area contributed by atoms with Crippen LogP contribution < -0.4 is 4.74 Å². The molecule has 2 aromatic rings. The third-order valence-corrected chi connectivity index (χ3v) is 3.85. The van der Waals surface area contributed by atoms with E-state index in [2.05, 4.69) is 6.92 Å². The number of hydrogen-bond donors (Lipinski definition) is 0. The Morgan fingerprint density at radius 1 is 1.16 bits per heavy atom. The predicted molar refractivity (Wildman–Crippen MR) is 79.3 cm³/mol. The monoisotopic (exact) mass is 274 g/mol. The minimum Gasteiger partial charge on any atom is -0.494 e. The van der Waals surface area contributed by atoms with E-state index in [1.165, 1.54) is 11.3 Å². The molecular weight excluding hydrogens is 256 g/mol. The molecule has 0 saturated heterocycles. The highest BCUT2D eigenvalue weighted by Crippen LogP contribution is 2.20. The summed E-state index contributed by atoms with van der Waals surface area (Å²) < 4.78 is 5.58. The summed E-state index contributed by atoms with van der Waals surface area (Å²) in [5.41, 5.74) is 0.713. The summed E-state index contributed by atoms with van der Waals surface area (Å²) in [4.78, 5) is 14.1. The smallest absolute Gasteiger partial charge is 0.202 e. The zero-order valence-electron chi connectivity index (χ0n) is 11.3. The predicted octanol–water partition coefficient (Wildman–Crippen LogP) is 4.47. The zero-order valence-corrected chi connectivity index (χ0v) is 12.1. The van der Waals surface area contributed by atoms with E-state index in [0.29, 0.717) is 5.56 Å². The number of hydrogen-bond acceptors (Lipinski definition) is 3. The van der Waals surface area contributed by atoms with E-state index < -0.39 is 0 Å². The van der Waals surface area contributed by atoms with Crippen molar-refractivity contribution in [3.05, 3.63) is 51.7 Å². The van der Waals surface area contributed by atoms with Gasteiger partial charge >= 0.3 is 0 Å². The normalized spacial score (nSPS) is 10.4. The summed E-state index contributed by atoms with van der Waals surface area (Å²) in [5.74, 6) is 0.908. The molecule has 3 heteroatoms. The van der Waals surface area contributed by atoms with E-state index in [9.17, 15) is 4.79 Å². The fourth-order valence-corrected chi connectivity index (χ4v) is 2.57. The lowest BCUT2D eigenvalue weighted by atomic mass is 10.1. The number of ether oxygens (including phenoxy) is 1. The van der Waals surface area contributed by atoms with Gasteiger partial charge in [0.25, 0.3) is 0 Å². The van der Waals surface area contributed by atoms with Crippen molar-refractivity contribution >= 4 is 17.1 Å². The van der Waals surface area contributed by atoms with E-state index in [4.69, 9.17) is 4.74 Å². The van der Waals surface area contributed by atoms with Crippen LogP contribution >= 0.6 is 11.3 Å². The molecule has 0 aliphatic rings. The van der Waals surface area contributed by atoms with Crippen LogP contribution in [0.2, 0.25) is 0 Å². The summed E-state index contributed by atoms with van der Waals surface area (Å²) in [6, 6.07) is 11.2. The fourth-order valence-electron chi connectivity index (χ4n) is 1.74. The maximum Gasteiger partial charge on any atom is 0.202 e. The van der Waals surface area contributed by atoms with Crippen LogP contribution in [0.15, 0.2) is 36.4 Å². The molecule has 0 fully saturated rings. The molecule has 0 unspecified atom stereocenters. The van der Waals surface area contributed by atoms with Crippen LogP contribution in [0.1, 0.15) is 39.9 Å². The SMILES string of the molecule is CCCCOc1ccc(C(=O)c2ccc(C)s2)cc1. The Morgan fingerprint density at radius 2 is 1.89 bits per heavy atom. The molecule has 1 heterocycles. The van der Waals surface area contributed by atoms with Crippen LogP contribution in [0.3, 0.4) is 0 Å². The molecule has 100 valence electrons. The average molecular weight is 274 g/mol. The second-order valence-corrected chi connectivity index (χ2v) is 5.75. The molecule has 0 bridgehead atoms. The quantitative estimate of drug-likeness (QED) is 0.574. The molecule has 1 aromatic carbocycles. The summed E-state index contributed by atoms with van der Waals surface area (Å²) in [7, 11) is 0. The molecule has 0 radical (unpaired) electrons. The first kappa shape index (κ1) is 13.8. The molecular formula is C16H18O2S. The first-order chi connectivity index (χ1) is 9.20. The topological polar surface area (TPSA) is 26.3 Å². The van der Waals surface area contributed by atoms with Gasteiger partial charge in [-0.15, -0.1) is 11.3 Å². The van der Waals surface area contributed by atoms with Crippen molar-refractivity contribution < 1.29 is 9.53 Å². The van der Waals surface area contributed by atoms with E-state index in [1.54, 1.807) is 0 Å². The largest absolute Gasteiger partial charge is 0.494 e. The van der Waals surface area contributed by atoms with Gasteiger partial charge in [0.15, 0.2) is 0 Å². The molecule has 0 N–H and O–H groups in total. The average Bonchev–Trinajstić information content (AvgIpc) is 2.86. The number of unbranched alkanes of at least 4 members (excludes halogenated alkanes) is 1. The van der Waals surface area contributed by atoms with Gasteiger partial charge in [-0.1, -0.05) is 13.3 Å².